The van der Waals surface area contributed by atoms with Crippen molar-refractivity contribution in [3.05, 3.63) is 60.3 Å². The predicted octanol–water partition coefficient (Wildman–Crippen LogP) is 2.23. The normalized spacial score (nSPS) is 10.7. The SMILES string of the molecule is COCCCNC(=O)c1nnn(-c2ccc(F)cc2)c1-c1ccncc1. The zero-order valence-corrected chi connectivity index (χ0v) is 14.2. The second-order valence-corrected chi connectivity index (χ2v) is 5.51. The van der Waals surface area contributed by atoms with Crippen LogP contribution in [0.5, 0.6) is 0 Å². The van der Waals surface area contributed by atoms with Gasteiger partial charge in [-0.15, -0.1) is 5.10 Å². The van der Waals surface area contributed by atoms with Gasteiger partial charge in [-0.2, -0.15) is 0 Å². The van der Waals surface area contributed by atoms with Gasteiger partial charge in [0.1, 0.15) is 11.5 Å². The van der Waals surface area contributed by atoms with Gasteiger partial charge in [-0.1, -0.05) is 5.21 Å². The highest BCUT2D eigenvalue weighted by atomic mass is 19.1. The summed E-state index contributed by atoms with van der Waals surface area (Å²) in [5, 5.41) is 10.9. The maximum absolute atomic E-state index is 13.2. The number of methoxy groups -OCH3 is 1. The van der Waals surface area contributed by atoms with Crippen molar-refractivity contribution in [1.82, 2.24) is 25.3 Å². The molecule has 0 aliphatic heterocycles. The average Bonchev–Trinajstić information content (AvgIpc) is 3.11. The zero-order valence-electron chi connectivity index (χ0n) is 14.2. The van der Waals surface area contributed by atoms with Gasteiger partial charge in [0.15, 0.2) is 5.69 Å². The van der Waals surface area contributed by atoms with E-state index in [0.717, 1.165) is 5.56 Å². The third-order valence-corrected chi connectivity index (χ3v) is 3.72. The highest BCUT2D eigenvalue weighted by molar-refractivity contribution is 5.98. The number of carbonyl (C=O) groups excluding carboxylic acids is 1. The van der Waals surface area contributed by atoms with Crippen LogP contribution in [0.15, 0.2) is 48.8 Å². The number of amides is 1. The lowest BCUT2D eigenvalue weighted by Crippen LogP contribution is -2.26. The number of ether oxygens (including phenoxy) is 1. The molecule has 0 atom stereocenters. The van der Waals surface area contributed by atoms with E-state index in [1.807, 2.05) is 0 Å². The first-order valence-electron chi connectivity index (χ1n) is 8.10. The summed E-state index contributed by atoms with van der Waals surface area (Å²) in [4.78, 5) is 16.6. The number of rotatable bonds is 7. The number of aromatic nitrogens is 4. The largest absolute Gasteiger partial charge is 0.385 e. The van der Waals surface area contributed by atoms with E-state index in [0.29, 0.717) is 31.0 Å². The second kappa shape index (κ2) is 8.30. The Hall–Kier alpha value is -3.13. The number of hydrogen-bond donors (Lipinski definition) is 1. The molecule has 2 heterocycles. The molecular weight excluding hydrogens is 337 g/mol. The third-order valence-electron chi connectivity index (χ3n) is 3.72. The highest BCUT2D eigenvalue weighted by Gasteiger charge is 2.21. The Morgan fingerprint density at radius 3 is 2.62 bits per heavy atom. The molecule has 134 valence electrons. The van der Waals surface area contributed by atoms with Crippen molar-refractivity contribution in [2.75, 3.05) is 20.3 Å². The van der Waals surface area contributed by atoms with E-state index in [-0.39, 0.29) is 17.4 Å². The first-order chi connectivity index (χ1) is 12.7. The minimum absolute atomic E-state index is 0.193. The van der Waals surface area contributed by atoms with E-state index in [1.54, 1.807) is 43.8 Å². The van der Waals surface area contributed by atoms with Crippen LogP contribution in [0.4, 0.5) is 4.39 Å². The van der Waals surface area contributed by atoms with Crippen molar-refractivity contribution in [2.45, 2.75) is 6.42 Å². The van der Waals surface area contributed by atoms with Gasteiger partial charge in [-0.3, -0.25) is 9.78 Å². The summed E-state index contributed by atoms with van der Waals surface area (Å²) in [5.74, 6) is -0.684. The fourth-order valence-corrected chi connectivity index (χ4v) is 2.47. The summed E-state index contributed by atoms with van der Waals surface area (Å²) >= 11 is 0. The molecule has 0 saturated carbocycles. The first-order valence-corrected chi connectivity index (χ1v) is 8.10. The van der Waals surface area contributed by atoms with Gasteiger partial charge in [0.2, 0.25) is 0 Å². The van der Waals surface area contributed by atoms with Crippen molar-refractivity contribution in [1.29, 1.82) is 0 Å². The van der Waals surface area contributed by atoms with Crippen LogP contribution in [0.25, 0.3) is 16.9 Å². The first kappa shape index (κ1) is 17.7. The van der Waals surface area contributed by atoms with Gasteiger partial charge in [0.25, 0.3) is 5.91 Å². The summed E-state index contributed by atoms with van der Waals surface area (Å²) in [6.07, 6.45) is 3.94. The molecule has 1 N–H and O–H groups in total. The van der Waals surface area contributed by atoms with E-state index in [1.165, 1.54) is 16.8 Å². The summed E-state index contributed by atoms with van der Waals surface area (Å²) in [7, 11) is 1.61. The summed E-state index contributed by atoms with van der Waals surface area (Å²) in [6.45, 7) is 1.02. The van der Waals surface area contributed by atoms with Gasteiger partial charge < -0.3 is 10.1 Å². The monoisotopic (exact) mass is 355 g/mol. The quantitative estimate of drug-likeness (QED) is 0.657. The fourth-order valence-electron chi connectivity index (χ4n) is 2.47. The number of halogens is 1. The minimum atomic E-state index is -0.351. The lowest BCUT2D eigenvalue weighted by Gasteiger charge is -2.09. The molecule has 0 aliphatic carbocycles. The highest BCUT2D eigenvalue weighted by Crippen LogP contribution is 2.25. The Bertz CT molecular complexity index is 865. The lowest BCUT2D eigenvalue weighted by molar-refractivity contribution is 0.0944. The van der Waals surface area contributed by atoms with Crippen molar-refractivity contribution < 1.29 is 13.9 Å². The van der Waals surface area contributed by atoms with Crippen LogP contribution in [-0.4, -0.2) is 46.1 Å². The van der Waals surface area contributed by atoms with Gasteiger partial charge >= 0.3 is 0 Å². The molecule has 0 saturated heterocycles. The van der Waals surface area contributed by atoms with Crippen LogP contribution in [-0.2, 0) is 4.74 Å². The molecule has 0 unspecified atom stereocenters. The van der Waals surface area contributed by atoms with Crippen molar-refractivity contribution in [2.24, 2.45) is 0 Å². The molecule has 26 heavy (non-hydrogen) atoms. The number of benzene rings is 1. The summed E-state index contributed by atoms with van der Waals surface area (Å²) in [5.41, 5.74) is 2.04. The minimum Gasteiger partial charge on any atom is -0.385 e. The standard InChI is InChI=1S/C18H18FN5O2/c1-26-12-2-9-21-18(25)16-17(13-7-10-20-11-8-13)24(23-22-16)15-5-3-14(19)4-6-15/h3-8,10-11H,2,9,12H2,1H3,(H,21,25). The molecular formula is C18H18FN5O2. The number of nitrogens with zero attached hydrogens (tertiary/aromatic N) is 4. The fraction of sp³-hybridized carbons (Fsp3) is 0.222. The van der Waals surface area contributed by atoms with Crippen LogP contribution < -0.4 is 5.32 Å². The van der Waals surface area contributed by atoms with E-state index in [4.69, 9.17) is 4.74 Å². The molecule has 1 aromatic carbocycles. The van der Waals surface area contributed by atoms with Gasteiger partial charge in [-0.05, 0) is 42.8 Å². The molecule has 3 aromatic rings. The average molecular weight is 355 g/mol. The van der Waals surface area contributed by atoms with E-state index in [2.05, 4.69) is 20.6 Å². The molecule has 7 nitrogen and oxygen atoms in total. The third kappa shape index (κ3) is 3.92. The Labute approximate surface area is 149 Å². The number of hydrogen-bond acceptors (Lipinski definition) is 5. The maximum Gasteiger partial charge on any atom is 0.274 e. The van der Waals surface area contributed by atoms with Gasteiger partial charge in [-0.25, -0.2) is 9.07 Å². The van der Waals surface area contributed by atoms with Gasteiger partial charge in [0, 0.05) is 38.2 Å². The molecule has 1 amide bonds. The predicted molar refractivity (Wildman–Crippen MR) is 93.4 cm³/mol. The van der Waals surface area contributed by atoms with Crippen molar-refractivity contribution in [3.63, 3.8) is 0 Å². The number of pyridine rings is 1. The van der Waals surface area contributed by atoms with Crippen LogP contribution in [0.2, 0.25) is 0 Å². The Morgan fingerprint density at radius 1 is 1.19 bits per heavy atom. The molecule has 0 spiro atoms. The second-order valence-electron chi connectivity index (χ2n) is 5.51. The van der Waals surface area contributed by atoms with Crippen LogP contribution >= 0.6 is 0 Å². The Morgan fingerprint density at radius 2 is 1.92 bits per heavy atom. The van der Waals surface area contributed by atoms with Crippen molar-refractivity contribution >= 4 is 5.91 Å². The Balaban J connectivity index is 1.97. The smallest absolute Gasteiger partial charge is 0.274 e. The topological polar surface area (TPSA) is 81.9 Å². The molecule has 8 heteroatoms. The molecule has 2 aromatic heterocycles. The molecule has 3 rings (SSSR count). The van der Waals surface area contributed by atoms with Crippen LogP contribution in [0, 0.1) is 5.82 Å². The molecule has 0 radical (unpaired) electrons. The van der Waals surface area contributed by atoms with Gasteiger partial charge in [0.05, 0.1) is 5.69 Å². The molecule has 0 bridgehead atoms. The molecule has 0 fully saturated rings. The maximum atomic E-state index is 13.2. The number of nitrogens with one attached hydrogen (secondary N) is 1. The van der Waals surface area contributed by atoms with Crippen LogP contribution in [0.3, 0.4) is 0 Å². The zero-order chi connectivity index (χ0) is 18.4. The Kier molecular flexibility index (Phi) is 5.65. The van der Waals surface area contributed by atoms with Crippen LogP contribution in [0.1, 0.15) is 16.9 Å². The lowest BCUT2D eigenvalue weighted by atomic mass is 10.1. The van der Waals surface area contributed by atoms with Crippen molar-refractivity contribution in [3.8, 4) is 16.9 Å². The van der Waals surface area contributed by atoms with E-state index >= 15 is 0 Å². The van der Waals surface area contributed by atoms with E-state index < -0.39 is 0 Å². The summed E-state index contributed by atoms with van der Waals surface area (Å²) < 4.78 is 19.7. The van der Waals surface area contributed by atoms with E-state index in [9.17, 15) is 9.18 Å². The molecule has 0 aliphatic rings. The number of carbonyl (C=O) groups is 1. The summed E-state index contributed by atoms with van der Waals surface area (Å²) in [6, 6.07) is 9.35.